The molecule has 0 aliphatic rings. The first-order chi connectivity index (χ1) is 10.1. The molecule has 0 saturated carbocycles. The van der Waals surface area contributed by atoms with E-state index in [4.69, 9.17) is 0 Å². The molecule has 0 aliphatic carbocycles. The molecule has 1 aromatic carbocycles. The van der Waals surface area contributed by atoms with E-state index in [0.717, 1.165) is 18.2 Å². The Hall–Kier alpha value is -2.02. The van der Waals surface area contributed by atoms with E-state index in [2.05, 4.69) is 10.6 Å². The van der Waals surface area contributed by atoms with Crippen LogP contribution in [0.4, 0.5) is 14.5 Å². The van der Waals surface area contributed by atoms with Crippen molar-refractivity contribution in [2.75, 3.05) is 11.9 Å². The molecular formula is C15H20F2N2O3. The van der Waals surface area contributed by atoms with Gasteiger partial charge in [0, 0.05) is 18.3 Å². The molecule has 7 heteroatoms. The zero-order valence-corrected chi connectivity index (χ0v) is 12.7. The van der Waals surface area contributed by atoms with Gasteiger partial charge in [0.05, 0.1) is 6.10 Å². The number of halogens is 2. The summed E-state index contributed by atoms with van der Waals surface area (Å²) in [6.45, 7) is 5.70. The lowest BCUT2D eigenvalue weighted by Crippen LogP contribution is -2.38. The van der Waals surface area contributed by atoms with Crippen LogP contribution in [-0.2, 0) is 9.59 Å². The summed E-state index contributed by atoms with van der Waals surface area (Å²) in [6.07, 6.45) is -0.324. The summed E-state index contributed by atoms with van der Waals surface area (Å²) in [5.41, 5.74) is -0.340. The molecule has 1 atom stereocenters. The molecule has 22 heavy (non-hydrogen) atoms. The number of benzene rings is 1. The van der Waals surface area contributed by atoms with Gasteiger partial charge in [-0.1, -0.05) is 20.8 Å². The molecule has 0 heterocycles. The van der Waals surface area contributed by atoms with Crippen LogP contribution in [0.25, 0.3) is 0 Å². The second-order valence-corrected chi connectivity index (χ2v) is 6.01. The zero-order valence-electron chi connectivity index (χ0n) is 12.7. The van der Waals surface area contributed by atoms with E-state index in [0.29, 0.717) is 6.42 Å². The number of carbonyl (C=O) groups excluding carboxylic acids is 2. The minimum absolute atomic E-state index is 0.0197. The van der Waals surface area contributed by atoms with Gasteiger partial charge in [-0.2, -0.15) is 0 Å². The van der Waals surface area contributed by atoms with Crippen molar-refractivity contribution in [3.63, 3.8) is 0 Å². The Kier molecular flexibility index (Phi) is 5.99. The Morgan fingerprint density at radius 1 is 1.18 bits per heavy atom. The lowest BCUT2D eigenvalue weighted by Gasteiger charge is -2.25. The minimum Gasteiger partial charge on any atom is -0.393 e. The minimum atomic E-state index is -1.12. The average Bonchev–Trinajstić information content (AvgIpc) is 2.41. The van der Waals surface area contributed by atoms with Crippen LogP contribution in [-0.4, -0.2) is 29.6 Å². The quantitative estimate of drug-likeness (QED) is 0.742. The first-order valence-electron chi connectivity index (χ1n) is 6.83. The van der Waals surface area contributed by atoms with E-state index < -0.39 is 29.6 Å². The zero-order chi connectivity index (χ0) is 16.9. The molecule has 0 spiro atoms. The molecule has 0 radical (unpaired) electrons. The van der Waals surface area contributed by atoms with Crippen LogP contribution in [0.15, 0.2) is 18.2 Å². The highest BCUT2D eigenvalue weighted by Gasteiger charge is 2.22. The van der Waals surface area contributed by atoms with Gasteiger partial charge >= 0.3 is 11.8 Å². The summed E-state index contributed by atoms with van der Waals surface area (Å²) in [5.74, 6) is -4.06. The van der Waals surface area contributed by atoms with Crippen molar-refractivity contribution in [1.82, 2.24) is 5.32 Å². The molecule has 0 bridgehead atoms. The van der Waals surface area contributed by atoms with E-state index in [1.807, 2.05) is 20.8 Å². The second-order valence-electron chi connectivity index (χ2n) is 6.01. The van der Waals surface area contributed by atoms with Gasteiger partial charge in [-0.3, -0.25) is 9.59 Å². The van der Waals surface area contributed by atoms with Gasteiger partial charge in [0.1, 0.15) is 0 Å². The molecule has 0 aromatic heterocycles. The van der Waals surface area contributed by atoms with E-state index in [-0.39, 0.29) is 17.6 Å². The molecule has 5 nitrogen and oxygen atoms in total. The van der Waals surface area contributed by atoms with Gasteiger partial charge in [0.25, 0.3) is 0 Å². The molecule has 1 rings (SSSR count). The van der Waals surface area contributed by atoms with Crippen molar-refractivity contribution < 1.29 is 23.5 Å². The maximum absolute atomic E-state index is 13.0. The molecular weight excluding hydrogens is 294 g/mol. The van der Waals surface area contributed by atoms with Crippen molar-refractivity contribution in [3.8, 4) is 0 Å². The summed E-state index contributed by atoms with van der Waals surface area (Å²) in [4.78, 5) is 23.1. The lowest BCUT2D eigenvalue weighted by atomic mass is 9.87. The number of rotatable bonds is 4. The lowest BCUT2D eigenvalue weighted by molar-refractivity contribution is -0.136. The van der Waals surface area contributed by atoms with Crippen LogP contribution in [0, 0.1) is 17.0 Å². The highest BCUT2D eigenvalue weighted by molar-refractivity contribution is 6.39. The van der Waals surface area contributed by atoms with E-state index in [1.165, 1.54) is 0 Å². The van der Waals surface area contributed by atoms with Gasteiger partial charge < -0.3 is 15.7 Å². The van der Waals surface area contributed by atoms with Gasteiger partial charge in [-0.25, -0.2) is 8.78 Å². The van der Waals surface area contributed by atoms with Crippen molar-refractivity contribution in [2.45, 2.75) is 33.3 Å². The fourth-order valence-electron chi connectivity index (χ4n) is 1.60. The van der Waals surface area contributed by atoms with E-state index >= 15 is 0 Å². The van der Waals surface area contributed by atoms with Gasteiger partial charge in [0.2, 0.25) is 0 Å². The highest BCUT2D eigenvalue weighted by Crippen LogP contribution is 2.20. The Balaban J connectivity index is 2.45. The van der Waals surface area contributed by atoms with E-state index in [1.54, 1.807) is 0 Å². The number of amides is 2. The third-order valence-electron chi connectivity index (χ3n) is 3.09. The number of hydrogen-bond acceptors (Lipinski definition) is 3. The van der Waals surface area contributed by atoms with Crippen LogP contribution in [0.2, 0.25) is 0 Å². The Labute approximate surface area is 127 Å². The molecule has 1 aromatic rings. The van der Waals surface area contributed by atoms with Crippen LogP contribution < -0.4 is 10.6 Å². The smallest absolute Gasteiger partial charge is 0.313 e. The normalized spacial score (nSPS) is 12.6. The van der Waals surface area contributed by atoms with Gasteiger partial charge in [0.15, 0.2) is 11.6 Å². The summed E-state index contributed by atoms with van der Waals surface area (Å²) >= 11 is 0. The fourth-order valence-corrected chi connectivity index (χ4v) is 1.60. The molecule has 0 saturated heterocycles. The van der Waals surface area contributed by atoms with E-state index in [9.17, 15) is 23.5 Å². The third kappa shape index (κ3) is 5.40. The van der Waals surface area contributed by atoms with Crippen molar-refractivity contribution in [1.29, 1.82) is 0 Å². The SMILES string of the molecule is CC(C)(C)C(O)CCNC(=O)C(=O)Nc1ccc(F)c(F)c1. The predicted molar refractivity (Wildman–Crippen MR) is 78.1 cm³/mol. The van der Waals surface area contributed by atoms with Crippen molar-refractivity contribution in [3.05, 3.63) is 29.8 Å². The van der Waals surface area contributed by atoms with Gasteiger partial charge in [-0.05, 0) is 24.0 Å². The Morgan fingerprint density at radius 3 is 2.36 bits per heavy atom. The molecule has 122 valence electrons. The maximum atomic E-state index is 13.0. The number of carbonyl (C=O) groups is 2. The predicted octanol–water partition coefficient (Wildman–Crippen LogP) is 1.82. The van der Waals surface area contributed by atoms with Crippen LogP contribution in [0.5, 0.6) is 0 Å². The van der Waals surface area contributed by atoms with Crippen LogP contribution in [0.3, 0.4) is 0 Å². The summed E-state index contributed by atoms with van der Waals surface area (Å²) in [7, 11) is 0. The van der Waals surface area contributed by atoms with Gasteiger partial charge in [-0.15, -0.1) is 0 Å². The van der Waals surface area contributed by atoms with Crippen LogP contribution in [0.1, 0.15) is 27.2 Å². The largest absolute Gasteiger partial charge is 0.393 e. The summed E-state index contributed by atoms with van der Waals surface area (Å²) in [6, 6.07) is 2.78. The molecule has 0 aliphatic heterocycles. The number of aliphatic hydroxyl groups excluding tert-OH is 1. The number of hydrogen-bond donors (Lipinski definition) is 3. The molecule has 3 N–H and O–H groups in total. The monoisotopic (exact) mass is 314 g/mol. The average molecular weight is 314 g/mol. The Morgan fingerprint density at radius 2 is 1.82 bits per heavy atom. The van der Waals surface area contributed by atoms with Crippen LogP contribution >= 0.6 is 0 Å². The number of nitrogens with one attached hydrogen (secondary N) is 2. The van der Waals surface area contributed by atoms with Crippen molar-refractivity contribution in [2.24, 2.45) is 5.41 Å². The Bertz CT molecular complexity index is 556. The van der Waals surface area contributed by atoms with Crippen molar-refractivity contribution >= 4 is 17.5 Å². The summed E-state index contributed by atoms with van der Waals surface area (Å²) < 4.78 is 25.7. The topological polar surface area (TPSA) is 78.4 Å². The highest BCUT2D eigenvalue weighted by atomic mass is 19.2. The first kappa shape index (κ1) is 18.0. The number of aliphatic hydroxyl groups is 1. The fraction of sp³-hybridized carbons (Fsp3) is 0.467. The third-order valence-corrected chi connectivity index (χ3v) is 3.09. The number of anilines is 1. The molecule has 1 unspecified atom stereocenters. The second kappa shape index (κ2) is 7.31. The molecule has 0 fully saturated rings. The summed E-state index contributed by atoms with van der Waals surface area (Å²) in [5, 5.41) is 14.3. The standard InChI is InChI=1S/C15H20F2N2O3/c1-15(2,3)12(20)6-7-18-13(21)14(22)19-9-4-5-10(16)11(17)8-9/h4-5,8,12,20H,6-7H2,1-3H3,(H,18,21)(H,19,22). The first-order valence-corrected chi connectivity index (χ1v) is 6.83. The maximum Gasteiger partial charge on any atom is 0.313 e. The molecule has 2 amide bonds.